The lowest BCUT2D eigenvalue weighted by Gasteiger charge is -2.27. The van der Waals surface area contributed by atoms with E-state index in [0.29, 0.717) is 0 Å². The molecule has 0 aliphatic heterocycles. The molecule has 3 rings (SSSR count). The Balaban J connectivity index is 2.22. The minimum atomic E-state index is -0.578. The number of hydrogen-bond donors (Lipinski definition) is 0. The standard InChI is InChI=1S/C18H11ClFNO3/c1-10(22)21(12-6-4-5-11(20)9-12)16-15(19)17(23)13-7-2-3-8-14(13)18(16)24/h2-9H,1H3. The molecule has 2 aromatic carbocycles. The van der Waals surface area contributed by atoms with E-state index in [1.165, 1.54) is 37.3 Å². The lowest BCUT2D eigenvalue weighted by atomic mass is 9.91. The number of amides is 1. The molecule has 0 N–H and O–H groups in total. The molecule has 1 aliphatic rings. The van der Waals surface area contributed by atoms with Crippen molar-refractivity contribution in [2.45, 2.75) is 6.92 Å². The Morgan fingerprint density at radius 2 is 1.62 bits per heavy atom. The van der Waals surface area contributed by atoms with E-state index < -0.39 is 23.3 Å². The molecule has 0 unspecified atom stereocenters. The molecule has 24 heavy (non-hydrogen) atoms. The molecule has 0 aromatic heterocycles. The van der Waals surface area contributed by atoms with Crippen LogP contribution in [0.3, 0.4) is 0 Å². The number of fused-ring (bicyclic) bond motifs is 1. The quantitative estimate of drug-likeness (QED) is 0.835. The zero-order chi connectivity index (χ0) is 17.4. The van der Waals surface area contributed by atoms with Gasteiger partial charge < -0.3 is 0 Å². The minimum absolute atomic E-state index is 0.121. The van der Waals surface area contributed by atoms with Gasteiger partial charge in [-0.05, 0) is 18.2 Å². The zero-order valence-corrected chi connectivity index (χ0v) is 13.3. The SMILES string of the molecule is CC(=O)N(C1=C(Cl)C(=O)c2ccccc2C1=O)c1cccc(F)c1. The molecule has 0 radical (unpaired) electrons. The third-order valence-electron chi connectivity index (χ3n) is 3.64. The van der Waals surface area contributed by atoms with Crippen molar-refractivity contribution < 1.29 is 18.8 Å². The first kappa shape index (κ1) is 16.1. The van der Waals surface area contributed by atoms with Crippen molar-refractivity contribution >= 4 is 34.8 Å². The van der Waals surface area contributed by atoms with Crippen molar-refractivity contribution in [3.8, 4) is 0 Å². The highest BCUT2D eigenvalue weighted by Gasteiger charge is 2.36. The molecule has 0 saturated heterocycles. The van der Waals surface area contributed by atoms with Crippen LogP contribution in [-0.2, 0) is 4.79 Å². The second-order valence-corrected chi connectivity index (χ2v) is 5.58. The van der Waals surface area contributed by atoms with E-state index in [9.17, 15) is 18.8 Å². The topological polar surface area (TPSA) is 54.5 Å². The van der Waals surface area contributed by atoms with Crippen LogP contribution in [0.1, 0.15) is 27.6 Å². The second kappa shape index (κ2) is 6.02. The van der Waals surface area contributed by atoms with E-state index in [1.807, 2.05) is 0 Å². The third kappa shape index (κ3) is 2.53. The van der Waals surface area contributed by atoms with Crippen molar-refractivity contribution in [3.05, 3.63) is 76.2 Å². The zero-order valence-electron chi connectivity index (χ0n) is 12.5. The highest BCUT2D eigenvalue weighted by atomic mass is 35.5. The Labute approximate surface area is 142 Å². The lowest BCUT2D eigenvalue weighted by Crippen LogP contribution is -2.36. The van der Waals surface area contributed by atoms with Crippen LogP contribution in [0.2, 0.25) is 0 Å². The maximum absolute atomic E-state index is 13.5. The van der Waals surface area contributed by atoms with E-state index >= 15 is 0 Å². The minimum Gasteiger partial charge on any atom is -0.287 e. The van der Waals surface area contributed by atoms with Gasteiger partial charge in [0.05, 0.1) is 5.69 Å². The van der Waals surface area contributed by atoms with Crippen LogP contribution in [0.15, 0.2) is 59.3 Å². The van der Waals surface area contributed by atoms with Gasteiger partial charge in [-0.2, -0.15) is 0 Å². The molecule has 0 bridgehead atoms. The van der Waals surface area contributed by atoms with Crippen molar-refractivity contribution in [3.63, 3.8) is 0 Å². The van der Waals surface area contributed by atoms with Crippen LogP contribution in [0.4, 0.5) is 10.1 Å². The van der Waals surface area contributed by atoms with E-state index in [-0.39, 0.29) is 27.5 Å². The largest absolute Gasteiger partial charge is 0.287 e. The maximum atomic E-state index is 13.5. The van der Waals surface area contributed by atoms with Gasteiger partial charge in [0.25, 0.3) is 0 Å². The number of ketones is 2. The van der Waals surface area contributed by atoms with Crippen molar-refractivity contribution in [1.82, 2.24) is 0 Å². The summed E-state index contributed by atoms with van der Waals surface area (Å²) < 4.78 is 13.5. The van der Waals surface area contributed by atoms with Gasteiger partial charge in [-0.25, -0.2) is 4.39 Å². The molecule has 4 nitrogen and oxygen atoms in total. The third-order valence-corrected chi connectivity index (χ3v) is 3.99. The molecule has 1 amide bonds. The summed E-state index contributed by atoms with van der Waals surface area (Å²) >= 11 is 6.11. The molecule has 6 heteroatoms. The molecule has 2 aromatic rings. The number of benzene rings is 2. The molecule has 120 valence electrons. The highest BCUT2D eigenvalue weighted by Crippen LogP contribution is 2.33. The van der Waals surface area contributed by atoms with Crippen molar-refractivity contribution in [2.24, 2.45) is 0 Å². The summed E-state index contributed by atoms with van der Waals surface area (Å²) in [5.41, 5.74) is 0.193. The normalized spacial score (nSPS) is 13.8. The van der Waals surface area contributed by atoms with Crippen LogP contribution in [0.5, 0.6) is 0 Å². The molecule has 0 saturated carbocycles. The van der Waals surface area contributed by atoms with E-state index in [1.54, 1.807) is 12.1 Å². The molecule has 1 aliphatic carbocycles. The van der Waals surface area contributed by atoms with Gasteiger partial charge in [-0.3, -0.25) is 19.3 Å². The fraction of sp³-hybridized carbons (Fsp3) is 0.0556. The number of allylic oxidation sites excluding steroid dienone is 2. The summed E-state index contributed by atoms with van der Waals surface area (Å²) in [6.45, 7) is 1.21. The highest BCUT2D eigenvalue weighted by molar-refractivity contribution is 6.50. The van der Waals surface area contributed by atoms with Crippen molar-refractivity contribution in [2.75, 3.05) is 4.90 Å². The van der Waals surface area contributed by atoms with Crippen LogP contribution >= 0.6 is 11.6 Å². The van der Waals surface area contributed by atoms with Gasteiger partial charge in [0, 0.05) is 18.1 Å². The van der Waals surface area contributed by atoms with Crippen LogP contribution in [-0.4, -0.2) is 17.5 Å². The van der Waals surface area contributed by atoms with Crippen LogP contribution in [0.25, 0.3) is 0 Å². The van der Waals surface area contributed by atoms with Gasteiger partial charge in [0.2, 0.25) is 17.5 Å². The maximum Gasteiger partial charge on any atom is 0.228 e. The molecule has 0 fully saturated rings. The molecule has 0 atom stereocenters. The number of Topliss-reactive ketones (excluding diaryl/α,β-unsaturated/α-hetero) is 2. The smallest absolute Gasteiger partial charge is 0.228 e. The first-order valence-corrected chi connectivity index (χ1v) is 7.44. The lowest BCUT2D eigenvalue weighted by molar-refractivity contribution is -0.116. The van der Waals surface area contributed by atoms with Gasteiger partial charge >= 0.3 is 0 Å². The summed E-state index contributed by atoms with van der Waals surface area (Å²) in [7, 11) is 0. The Bertz CT molecular complexity index is 920. The Kier molecular flexibility index (Phi) is 4.03. The number of carbonyl (C=O) groups is 3. The average molecular weight is 344 g/mol. The summed E-state index contributed by atoms with van der Waals surface area (Å²) in [5, 5.41) is -0.363. The predicted molar refractivity (Wildman–Crippen MR) is 87.5 cm³/mol. The van der Waals surface area contributed by atoms with E-state index in [2.05, 4.69) is 0 Å². The molecule has 0 spiro atoms. The second-order valence-electron chi connectivity index (χ2n) is 5.20. The number of carbonyl (C=O) groups excluding carboxylic acids is 3. The number of nitrogens with zero attached hydrogens (tertiary/aromatic N) is 1. The van der Waals surface area contributed by atoms with E-state index in [4.69, 9.17) is 11.6 Å². The Hall–Kier alpha value is -2.79. The number of anilines is 1. The first-order chi connectivity index (χ1) is 11.4. The molecular weight excluding hydrogens is 333 g/mol. The van der Waals surface area contributed by atoms with Gasteiger partial charge in [0.15, 0.2) is 0 Å². The average Bonchev–Trinajstić information content (AvgIpc) is 2.56. The Morgan fingerprint density at radius 3 is 2.21 bits per heavy atom. The fourth-order valence-corrected chi connectivity index (χ4v) is 2.89. The number of hydrogen-bond acceptors (Lipinski definition) is 3. The summed E-state index contributed by atoms with van der Waals surface area (Å²) in [5.74, 6) is -2.25. The summed E-state index contributed by atoms with van der Waals surface area (Å²) in [6, 6.07) is 11.4. The first-order valence-electron chi connectivity index (χ1n) is 7.06. The van der Waals surface area contributed by atoms with Crippen LogP contribution < -0.4 is 4.90 Å². The van der Waals surface area contributed by atoms with Crippen molar-refractivity contribution in [1.29, 1.82) is 0 Å². The monoisotopic (exact) mass is 343 g/mol. The number of rotatable bonds is 2. The van der Waals surface area contributed by atoms with Crippen LogP contribution in [0, 0.1) is 5.82 Å². The summed E-state index contributed by atoms with van der Waals surface area (Å²) in [6.07, 6.45) is 0. The van der Waals surface area contributed by atoms with E-state index in [0.717, 1.165) is 11.0 Å². The summed E-state index contributed by atoms with van der Waals surface area (Å²) in [4.78, 5) is 38.3. The number of halogens is 2. The van der Waals surface area contributed by atoms with Gasteiger partial charge in [-0.15, -0.1) is 0 Å². The van der Waals surface area contributed by atoms with Gasteiger partial charge in [0.1, 0.15) is 16.5 Å². The van der Waals surface area contributed by atoms with Gasteiger partial charge in [-0.1, -0.05) is 41.9 Å². The predicted octanol–water partition coefficient (Wildman–Crippen LogP) is 3.71. The Morgan fingerprint density at radius 1 is 1.00 bits per heavy atom. The fourth-order valence-electron chi connectivity index (χ4n) is 2.62. The molecule has 0 heterocycles. The molecular formula is C18H11ClFNO3.